The Morgan fingerprint density at radius 1 is 1.30 bits per heavy atom. The number of rotatable bonds is 4. The number of amides is 1. The largest absolute Gasteiger partial charge is 0.487 e. The minimum Gasteiger partial charge on any atom is -0.487 e. The van der Waals surface area contributed by atoms with Crippen LogP contribution in [0.2, 0.25) is 5.02 Å². The molecular weight excluding hydrogens is 505 g/mol. The maximum Gasteiger partial charge on any atom is 0.408 e. The van der Waals surface area contributed by atoms with E-state index in [-0.39, 0.29) is 39.9 Å². The Hall–Kier alpha value is -3.01. The van der Waals surface area contributed by atoms with Crippen LogP contribution in [0, 0.1) is 11.7 Å². The molecule has 5 rings (SSSR count). The molecule has 1 aliphatic carbocycles. The summed E-state index contributed by atoms with van der Waals surface area (Å²) in [5.74, 6) is -1.18. The van der Waals surface area contributed by atoms with E-state index in [1.54, 1.807) is 6.92 Å². The number of pyridine rings is 1. The van der Waals surface area contributed by atoms with Crippen molar-refractivity contribution in [2.24, 2.45) is 5.92 Å². The van der Waals surface area contributed by atoms with Crippen molar-refractivity contribution in [3.8, 4) is 5.75 Å². The van der Waals surface area contributed by atoms with E-state index in [2.05, 4.69) is 5.32 Å². The zero-order chi connectivity index (χ0) is 26.9. The lowest BCUT2D eigenvalue weighted by Crippen LogP contribution is -2.45. The van der Waals surface area contributed by atoms with Crippen LogP contribution in [0.4, 0.5) is 14.9 Å². The molecule has 1 amide bonds. The monoisotopic (exact) mass is 535 g/mol. The van der Waals surface area contributed by atoms with E-state index in [1.807, 2.05) is 25.7 Å². The smallest absolute Gasteiger partial charge is 0.408 e. The predicted octanol–water partition coefficient (Wildman–Crippen LogP) is 4.42. The van der Waals surface area contributed by atoms with Gasteiger partial charge in [0.15, 0.2) is 11.6 Å². The summed E-state index contributed by atoms with van der Waals surface area (Å²) in [5, 5.41) is 3.07. The number of hydrogen-bond donors (Lipinski definition) is 1. The third-order valence-electron chi connectivity index (χ3n) is 7.44. The molecule has 11 heteroatoms. The summed E-state index contributed by atoms with van der Waals surface area (Å²) in [7, 11) is 1.18. The van der Waals surface area contributed by atoms with Crippen LogP contribution in [-0.4, -0.2) is 54.6 Å². The van der Waals surface area contributed by atoms with Crippen molar-refractivity contribution in [3.05, 3.63) is 32.8 Å². The van der Waals surface area contributed by atoms with Gasteiger partial charge < -0.3 is 24.4 Å². The van der Waals surface area contributed by atoms with Crippen LogP contribution in [-0.2, 0) is 9.47 Å². The maximum atomic E-state index is 15.9. The first-order chi connectivity index (χ1) is 17.4. The highest BCUT2D eigenvalue weighted by Gasteiger charge is 2.53. The molecule has 1 N–H and O–H groups in total. The molecule has 0 bridgehead atoms. The van der Waals surface area contributed by atoms with E-state index in [0.717, 1.165) is 19.3 Å². The summed E-state index contributed by atoms with van der Waals surface area (Å²) in [5.41, 5.74) is -1.20. The maximum absolute atomic E-state index is 15.9. The van der Waals surface area contributed by atoms with Gasteiger partial charge in [0.05, 0.1) is 23.7 Å². The molecule has 1 saturated heterocycles. The lowest BCUT2D eigenvalue weighted by atomic mass is 9.96. The molecule has 37 heavy (non-hydrogen) atoms. The highest BCUT2D eigenvalue weighted by molar-refractivity contribution is 6.36. The summed E-state index contributed by atoms with van der Waals surface area (Å²) in [6.45, 7) is 8.36. The first-order valence-electron chi connectivity index (χ1n) is 12.4. The van der Waals surface area contributed by atoms with Gasteiger partial charge in [-0.15, -0.1) is 0 Å². The first-order valence-corrected chi connectivity index (χ1v) is 12.8. The number of anilines is 1. The Balaban J connectivity index is 1.53. The molecule has 9 nitrogen and oxygen atoms in total. The molecule has 0 radical (unpaired) electrons. The van der Waals surface area contributed by atoms with Crippen LogP contribution >= 0.6 is 11.6 Å². The van der Waals surface area contributed by atoms with Crippen LogP contribution in [0.3, 0.4) is 0 Å². The summed E-state index contributed by atoms with van der Waals surface area (Å²) < 4.78 is 33.6. The number of carbonyl (C=O) groups excluding carboxylic acids is 2. The first kappa shape index (κ1) is 25.6. The quantitative estimate of drug-likeness (QED) is 0.579. The van der Waals surface area contributed by atoms with Crippen molar-refractivity contribution in [2.45, 2.75) is 64.1 Å². The Bertz CT molecular complexity index is 1360. The molecule has 3 heterocycles. The van der Waals surface area contributed by atoms with E-state index in [1.165, 1.54) is 17.7 Å². The van der Waals surface area contributed by atoms with Gasteiger partial charge >= 0.3 is 12.1 Å². The number of aromatic nitrogens is 1. The van der Waals surface area contributed by atoms with Crippen molar-refractivity contribution in [1.82, 2.24) is 9.88 Å². The van der Waals surface area contributed by atoms with Crippen LogP contribution < -0.4 is 20.5 Å². The lowest BCUT2D eigenvalue weighted by Gasteiger charge is -2.32. The van der Waals surface area contributed by atoms with Gasteiger partial charge in [-0.25, -0.2) is 14.0 Å². The third-order valence-corrected chi connectivity index (χ3v) is 7.81. The molecule has 200 valence electrons. The van der Waals surface area contributed by atoms with Gasteiger partial charge in [0, 0.05) is 29.9 Å². The minimum absolute atomic E-state index is 0.0764. The zero-order valence-corrected chi connectivity index (χ0v) is 22.3. The fraction of sp³-hybridized carbons (Fsp3) is 0.577. The van der Waals surface area contributed by atoms with Gasteiger partial charge in [0.25, 0.3) is 5.56 Å². The molecular formula is C26H31ClFN3O6. The average Bonchev–Trinajstić information content (AvgIpc) is 3.42. The number of methoxy groups -OCH3 is 1. The van der Waals surface area contributed by atoms with E-state index >= 15 is 4.39 Å². The Morgan fingerprint density at radius 2 is 2.00 bits per heavy atom. The van der Waals surface area contributed by atoms with Gasteiger partial charge in [-0.1, -0.05) is 11.6 Å². The lowest BCUT2D eigenvalue weighted by molar-refractivity contribution is 0.0476. The van der Waals surface area contributed by atoms with E-state index in [0.29, 0.717) is 18.6 Å². The summed E-state index contributed by atoms with van der Waals surface area (Å²) in [4.78, 5) is 39.8. The number of esters is 1. The molecule has 3 aliphatic rings. The number of ether oxygens (including phenoxy) is 3. The molecule has 1 aromatic carbocycles. The molecule has 2 aliphatic heterocycles. The van der Waals surface area contributed by atoms with Crippen LogP contribution in [0.5, 0.6) is 5.75 Å². The van der Waals surface area contributed by atoms with Crippen LogP contribution in [0.25, 0.3) is 10.9 Å². The standard InChI is InChI=1S/C26H31ClFN3O6/c1-13-12-36-21-19-15(10-16(23(33)35-5)22(32)31(13)19)17(27)18(28)20(21)30-9-6-14(11-30)26(7-8-26)29-24(34)37-25(2,3)4/h10,13-14H,6-9,11-12H2,1-5H3,(H,29,34)/t13-,14+/m0/s1. The molecule has 2 fully saturated rings. The van der Waals surface area contributed by atoms with Gasteiger partial charge in [-0.3, -0.25) is 9.36 Å². The topological polar surface area (TPSA) is 99.1 Å². The predicted molar refractivity (Wildman–Crippen MR) is 136 cm³/mol. The molecule has 0 unspecified atom stereocenters. The highest BCUT2D eigenvalue weighted by atomic mass is 35.5. The van der Waals surface area contributed by atoms with Gasteiger partial charge in [0.2, 0.25) is 0 Å². The summed E-state index contributed by atoms with van der Waals surface area (Å²) >= 11 is 6.53. The van der Waals surface area contributed by atoms with Gasteiger partial charge in [0.1, 0.15) is 23.5 Å². The summed E-state index contributed by atoms with van der Waals surface area (Å²) in [6, 6.07) is 0.872. The molecule has 2 aromatic rings. The van der Waals surface area contributed by atoms with Crippen LogP contribution in [0.15, 0.2) is 10.9 Å². The number of hydrogen-bond acceptors (Lipinski definition) is 7. The number of nitrogens with zero attached hydrogens (tertiary/aromatic N) is 2. The normalized spacial score (nSPS) is 22.0. The fourth-order valence-corrected chi connectivity index (χ4v) is 5.77. The zero-order valence-electron chi connectivity index (χ0n) is 21.6. The van der Waals surface area contributed by atoms with Crippen LogP contribution in [0.1, 0.15) is 63.4 Å². The van der Waals surface area contributed by atoms with E-state index in [4.69, 9.17) is 25.8 Å². The van der Waals surface area contributed by atoms with Gasteiger partial charge in [-0.05, 0) is 53.0 Å². The molecule has 1 aromatic heterocycles. The molecule has 2 atom stereocenters. The van der Waals surface area contributed by atoms with E-state index < -0.39 is 40.6 Å². The highest BCUT2D eigenvalue weighted by Crippen LogP contribution is 2.51. The van der Waals surface area contributed by atoms with Gasteiger partial charge in [-0.2, -0.15) is 0 Å². The Kier molecular flexibility index (Phi) is 6.09. The van der Waals surface area contributed by atoms with Crippen molar-refractivity contribution in [1.29, 1.82) is 0 Å². The fourth-order valence-electron chi connectivity index (χ4n) is 5.53. The minimum atomic E-state index is -0.814. The average molecular weight is 536 g/mol. The number of alkyl carbamates (subject to hydrolysis) is 1. The van der Waals surface area contributed by atoms with E-state index in [9.17, 15) is 14.4 Å². The SMILES string of the molecule is COC(=O)c1cc2c(Cl)c(F)c(N3CC[C@@H](C4(NC(=O)OC(C)(C)C)CC4)C3)c3c2n(c1=O)[C@@H](C)CO3. The Labute approximate surface area is 218 Å². The van der Waals surface area contributed by atoms with Crippen molar-refractivity contribution < 1.29 is 28.2 Å². The van der Waals surface area contributed by atoms with Crippen molar-refractivity contribution in [2.75, 3.05) is 31.7 Å². The molecule has 0 spiro atoms. The number of benzene rings is 1. The third kappa shape index (κ3) is 4.28. The second-order valence-electron chi connectivity index (χ2n) is 11.2. The van der Waals surface area contributed by atoms with Crippen molar-refractivity contribution >= 4 is 40.3 Å². The molecule has 1 saturated carbocycles. The second-order valence-corrected chi connectivity index (χ2v) is 11.5. The second kappa shape index (κ2) is 8.79. The number of carbonyl (C=O) groups is 2. The Morgan fingerprint density at radius 3 is 2.62 bits per heavy atom. The summed E-state index contributed by atoms with van der Waals surface area (Å²) in [6.07, 6.45) is 1.92. The number of halogens is 2. The number of nitrogens with one attached hydrogen (secondary N) is 1. The van der Waals surface area contributed by atoms with Crippen molar-refractivity contribution in [3.63, 3.8) is 0 Å².